The molecule has 17 N–H and O–H groups in total. The Labute approximate surface area is 449 Å². The number of rotatable bonds is 16. The molecule has 0 aromatic rings. The first-order chi connectivity index (χ1) is 37.1. The van der Waals surface area contributed by atoms with Gasteiger partial charge in [0.15, 0.2) is 31.1 Å². The lowest BCUT2D eigenvalue weighted by Crippen LogP contribution is -2.65. The van der Waals surface area contributed by atoms with Crippen molar-refractivity contribution in [3.63, 3.8) is 0 Å². The van der Waals surface area contributed by atoms with E-state index in [0.717, 1.165) is 6.08 Å². The third-order valence-corrected chi connectivity index (χ3v) is 17.0. The first kappa shape index (κ1) is 61.6. The van der Waals surface area contributed by atoms with Crippen molar-refractivity contribution in [2.45, 2.75) is 236 Å². The van der Waals surface area contributed by atoms with Gasteiger partial charge in [0, 0.05) is 30.9 Å². The van der Waals surface area contributed by atoms with Crippen LogP contribution in [0.25, 0.3) is 0 Å². The molecule has 4 saturated carbocycles. The maximum absolute atomic E-state index is 12.7. The van der Waals surface area contributed by atoms with E-state index in [2.05, 4.69) is 0 Å². The highest BCUT2D eigenvalue weighted by Crippen LogP contribution is 2.45. The molecule has 4 saturated heterocycles. The van der Waals surface area contributed by atoms with Gasteiger partial charge in [-0.25, -0.2) is 9.59 Å². The molecule has 27 nitrogen and oxygen atoms in total. The van der Waals surface area contributed by atoms with Gasteiger partial charge in [0.25, 0.3) is 0 Å². The minimum absolute atomic E-state index is 0.0481. The Morgan fingerprint density at radius 3 is 1.50 bits per heavy atom. The fourth-order valence-electron chi connectivity index (χ4n) is 12.3. The van der Waals surface area contributed by atoms with E-state index in [0.29, 0.717) is 38.5 Å². The van der Waals surface area contributed by atoms with Gasteiger partial charge < -0.3 is 124 Å². The molecular weight excluding hydrogens is 1040 g/mol. The molecule has 0 aromatic carbocycles. The molecule has 0 bridgehead atoms. The van der Waals surface area contributed by atoms with E-state index in [1.54, 1.807) is 6.08 Å². The second-order valence-corrected chi connectivity index (χ2v) is 22.5. The first-order valence-corrected chi connectivity index (χ1v) is 27.2. The van der Waals surface area contributed by atoms with Crippen LogP contribution >= 0.6 is 0 Å². The highest BCUT2D eigenvalue weighted by molar-refractivity contribution is 5.82. The summed E-state index contributed by atoms with van der Waals surface area (Å²) in [7, 11) is 0. The van der Waals surface area contributed by atoms with Gasteiger partial charge in [0.2, 0.25) is 0 Å². The van der Waals surface area contributed by atoms with Gasteiger partial charge in [0.1, 0.15) is 98.7 Å². The lowest BCUT2D eigenvalue weighted by Gasteiger charge is -2.50. The smallest absolute Gasteiger partial charge is 0.330 e. The number of aliphatic hydroxyl groups is 18. The van der Waals surface area contributed by atoms with Crippen molar-refractivity contribution >= 4 is 11.9 Å². The normalized spacial score (nSPS) is 49.5. The van der Waals surface area contributed by atoms with Crippen LogP contribution in [0.4, 0.5) is 0 Å². The van der Waals surface area contributed by atoms with Gasteiger partial charge in [0.05, 0.1) is 55.3 Å². The summed E-state index contributed by atoms with van der Waals surface area (Å²) in [5, 5.41) is 172. The summed E-state index contributed by atoms with van der Waals surface area (Å²) >= 11 is 0. The van der Waals surface area contributed by atoms with Crippen LogP contribution in [0.3, 0.4) is 0 Å². The quantitative estimate of drug-likeness (QED) is 0.0388. The summed E-state index contributed by atoms with van der Waals surface area (Å²) in [6.45, 7) is -1.98. The predicted molar refractivity (Wildman–Crippen MR) is 257 cm³/mol. The van der Waals surface area contributed by atoms with Crippen molar-refractivity contribution in [3.8, 4) is 0 Å². The Morgan fingerprint density at radius 1 is 0.449 bits per heavy atom. The van der Waals surface area contributed by atoms with E-state index in [4.69, 9.17) is 42.6 Å². The zero-order valence-electron chi connectivity index (χ0n) is 42.9. The highest BCUT2D eigenvalue weighted by Gasteiger charge is 2.58. The molecule has 28 unspecified atom stereocenters. The molecule has 4 heterocycles. The van der Waals surface area contributed by atoms with E-state index >= 15 is 0 Å². The largest absolute Gasteiger partial charge is 0.460 e. The van der Waals surface area contributed by atoms with E-state index < -0.39 is 197 Å². The number of hydrogen-bond acceptors (Lipinski definition) is 26. The van der Waals surface area contributed by atoms with Crippen molar-refractivity contribution < 1.29 is 134 Å². The van der Waals surface area contributed by atoms with Gasteiger partial charge in [-0.2, -0.15) is 0 Å². The van der Waals surface area contributed by atoms with Crippen LogP contribution in [-0.4, -0.2) is 277 Å². The number of allylic oxidation sites excluding steroid dienone is 2. The fraction of sp³-hybridized carbons (Fsp3) is 0.882. The minimum atomic E-state index is -1.93. The standard InChI is InChI=1S/C51H80O27/c52-17-33-39(61)42(64)45(67)51(76-33)75-32-16-25-29(14-24(54)15-30(25)73-49-46(68)43(65)40(62)34(77-49)18-70-36(58)9-4-20-1-6-23(53)7-2-20)72-48(32)22-12-28(57)38(60)31(13-22)74-50-47(69)44(66)41(63)35(78-50)19-71-37(59)10-5-21-3-8-26(55)27(56)11-21/h4-5,9-10,20-35,38-57,60-69H,1-3,6-8,11-19H2/p+1. The molecule has 78 heavy (non-hydrogen) atoms. The van der Waals surface area contributed by atoms with E-state index in [9.17, 15) is 91.3 Å². The van der Waals surface area contributed by atoms with Crippen molar-refractivity contribution in [3.05, 3.63) is 24.3 Å². The summed E-state index contributed by atoms with van der Waals surface area (Å²) in [5.74, 6) is -3.31. The summed E-state index contributed by atoms with van der Waals surface area (Å²) in [6, 6.07) is 0. The monoisotopic (exact) mass is 1130 g/mol. The molecule has 8 aliphatic rings. The first-order valence-electron chi connectivity index (χ1n) is 27.2. The molecule has 4 aliphatic heterocycles. The molecule has 28 atom stereocenters. The SMILES string of the molecule is O=C(C=CC1CCC(O)C(O)C1)OCC1OC(OC2CC(C3[OH+]C4CC(O)CC(OC5OC(COC(=O)C=CC6CCC(O)CC6)C(O)C(O)C5O)C4CC3OC3OC(CO)C(O)C(O)C3O)CC(O)C2O)C(O)C(O)C1O. The van der Waals surface area contributed by atoms with Crippen LogP contribution in [0.1, 0.15) is 77.0 Å². The maximum atomic E-state index is 12.7. The average Bonchev–Trinajstić information content (AvgIpc) is 3.48. The lowest BCUT2D eigenvalue weighted by atomic mass is 9.72. The molecule has 0 spiro atoms. The minimum Gasteiger partial charge on any atom is -0.460 e. The Hall–Kier alpha value is -2.50. The summed E-state index contributed by atoms with van der Waals surface area (Å²) in [6.07, 6.45) is -29.1. The maximum Gasteiger partial charge on any atom is 0.330 e. The van der Waals surface area contributed by atoms with Crippen LogP contribution in [0.5, 0.6) is 0 Å². The van der Waals surface area contributed by atoms with E-state index in [1.165, 1.54) is 12.2 Å². The van der Waals surface area contributed by atoms with E-state index in [1.807, 2.05) is 0 Å². The summed E-state index contributed by atoms with van der Waals surface area (Å²) < 4.78 is 52.0. The number of esters is 2. The second kappa shape index (κ2) is 27.3. The van der Waals surface area contributed by atoms with Crippen LogP contribution in [0.15, 0.2) is 24.3 Å². The van der Waals surface area contributed by atoms with Crippen molar-refractivity contribution in [2.24, 2.45) is 23.7 Å². The Kier molecular flexibility index (Phi) is 21.5. The Morgan fingerprint density at radius 2 is 0.949 bits per heavy atom. The molecular formula is C51H81O27+. The van der Waals surface area contributed by atoms with Crippen molar-refractivity contribution in [1.29, 1.82) is 0 Å². The molecule has 0 amide bonds. The zero-order chi connectivity index (χ0) is 56.3. The number of ether oxygens (including phenoxy) is 9. The van der Waals surface area contributed by atoms with Gasteiger partial charge in [-0.15, -0.1) is 0 Å². The summed E-state index contributed by atoms with van der Waals surface area (Å²) in [5.41, 5.74) is 0. The third-order valence-electron chi connectivity index (χ3n) is 17.0. The number of aliphatic hydroxyl groups excluding tert-OH is 16. The van der Waals surface area contributed by atoms with Crippen molar-refractivity contribution in [1.82, 2.24) is 0 Å². The summed E-state index contributed by atoms with van der Waals surface area (Å²) in [4.78, 5) is 25.4. The molecule has 0 aromatic heterocycles. The predicted octanol–water partition coefficient (Wildman–Crippen LogP) is -6.60. The third kappa shape index (κ3) is 14.6. The lowest BCUT2D eigenvalue weighted by molar-refractivity contribution is -0.370. The fourth-order valence-corrected chi connectivity index (χ4v) is 12.3. The molecule has 4 aliphatic carbocycles. The van der Waals surface area contributed by atoms with Gasteiger partial charge >= 0.3 is 11.9 Å². The van der Waals surface area contributed by atoms with Gasteiger partial charge in [-0.1, -0.05) is 12.2 Å². The number of hydrogen-bond donors (Lipinski definition) is 16. The molecule has 8 fully saturated rings. The topological polar surface area (TPSA) is 444 Å². The van der Waals surface area contributed by atoms with Crippen molar-refractivity contribution in [2.75, 3.05) is 19.8 Å². The number of carbonyl (C=O) groups is 2. The molecule has 8 rings (SSSR count). The second-order valence-electron chi connectivity index (χ2n) is 22.5. The van der Waals surface area contributed by atoms with Crippen LogP contribution in [-0.2, 0) is 47.5 Å². The molecule has 27 heteroatoms. The molecule has 446 valence electrons. The van der Waals surface area contributed by atoms with Gasteiger partial charge in [-0.05, 0) is 76.0 Å². The van der Waals surface area contributed by atoms with Crippen LogP contribution < -0.4 is 0 Å². The highest BCUT2D eigenvalue weighted by atomic mass is 16.7. The van der Waals surface area contributed by atoms with Crippen LogP contribution in [0.2, 0.25) is 0 Å². The zero-order valence-corrected chi connectivity index (χ0v) is 42.9. The van der Waals surface area contributed by atoms with Gasteiger partial charge in [-0.3, -0.25) is 0 Å². The Bertz CT molecular complexity index is 1970. The number of carbonyl (C=O) groups excluding carboxylic acids is 2. The number of fused-ring (bicyclic) bond motifs is 1. The van der Waals surface area contributed by atoms with E-state index in [-0.39, 0.29) is 56.5 Å². The van der Waals surface area contributed by atoms with Crippen LogP contribution in [0, 0.1) is 23.7 Å². The molecule has 0 radical (unpaired) electrons. The average molecular weight is 1130 g/mol. The Balaban J connectivity index is 0.960.